The highest BCUT2D eigenvalue weighted by Gasteiger charge is 2.23. The summed E-state index contributed by atoms with van der Waals surface area (Å²) >= 11 is 0. The number of para-hydroxylation sites is 1. The number of benzene rings is 4. The van der Waals surface area contributed by atoms with Crippen LogP contribution in [0.4, 0.5) is 0 Å². The monoisotopic (exact) mass is 548 g/mol. The molecular weight excluding hydrogens is 528 g/mol. The minimum Gasteiger partial charge on any atom is -0.508 e. The second-order valence-electron chi connectivity index (χ2n) is 8.31. The number of esters is 3. The molecule has 0 bridgehead atoms. The van der Waals surface area contributed by atoms with Crippen LogP contribution >= 0.6 is 0 Å². The summed E-state index contributed by atoms with van der Waals surface area (Å²) in [7, 11) is 0. The SMILES string of the molecule is Cc1c(O)cc(C(=O)Oc2cc(C(=O)Oc3cc(C(=O)Oc4ccccc4)cc(O)c3O)cc(O)c2O)cc1O. The zero-order chi connectivity index (χ0) is 29.1. The lowest BCUT2D eigenvalue weighted by Crippen LogP contribution is -2.13. The Bertz CT molecular complexity index is 1620. The summed E-state index contributed by atoms with van der Waals surface area (Å²) in [5.41, 5.74) is -0.973. The molecule has 12 nitrogen and oxygen atoms in total. The van der Waals surface area contributed by atoms with E-state index in [1.807, 2.05) is 0 Å². The van der Waals surface area contributed by atoms with Gasteiger partial charge in [-0.3, -0.25) is 0 Å². The highest BCUT2D eigenvalue weighted by molar-refractivity contribution is 5.96. The van der Waals surface area contributed by atoms with E-state index in [0.717, 1.165) is 36.4 Å². The summed E-state index contributed by atoms with van der Waals surface area (Å²) < 4.78 is 15.3. The van der Waals surface area contributed by atoms with Gasteiger partial charge in [-0.05, 0) is 55.5 Å². The first kappa shape index (κ1) is 27.1. The number of phenolic OH excluding ortho intramolecular Hbond substituents is 6. The average Bonchev–Trinajstić information content (AvgIpc) is 2.92. The van der Waals surface area contributed by atoms with Crippen LogP contribution in [0, 0.1) is 6.92 Å². The Balaban J connectivity index is 1.59. The number of rotatable bonds is 6. The van der Waals surface area contributed by atoms with Crippen molar-refractivity contribution in [2.45, 2.75) is 6.92 Å². The van der Waals surface area contributed by atoms with Crippen LogP contribution in [0.1, 0.15) is 36.6 Å². The van der Waals surface area contributed by atoms with Crippen LogP contribution in [0.2, 0.25) is 0 Å². The van der Waals surface area contributed by atoms with Crippen LogP contribution in [0.5, 0.6) is 51.7 Å². The molecule has 0 spiro atoms. The largest absolute Gasteiger partial charge is 0.508 e. The van der Waals surface area contributed by atoms with Crippen LogP contribution in [0.15, 0.2) is 66.7 Å². The van der Waals surface area contributed by atoms with Crippen molar-refractivity contribution in [1.29, 1.82) is 0 Å². The van der Waals surface area contributed by atoms with Gasteiger partial charge in [0.25, 0.3) is 0 Å². The van der Waals surface area contributed by atoms with Gasteiger partial charge in [0, 0.05) is 5.56 Å². The Morgan fingerprint density at radius 3 is 1.35 bits per heavy atom. The fourth-order valence-electron chi connectivity index (χ4n) is 3.35. The third-order valence-corrected chi connectivity index (χ3v) is 5.53. The second-order valence-corrected chi connectivity index (χ2v) is 8.31. The van der Waals surface area contributed by atoms with Gasteiger partial charge >= 0.3 is 17.9 Å². The van der Waals surface area contributed by atoms with E-state index < -0.39 is 69.5 Å². The maximum atomic E-state index is 12.8. The average molecular weight is 548 g/mol. The molecule has 0 fully saturated rings. The third-order valence-electron chi connectivity index (χ3n) is 5.53. The van der Waals surface area contributed by atoms with E-state index in [1.54, 1.807) is 18.2 Å². The molecule has 40 heavy (non-hydrogen) atoms. The number of phenols is 6. The smallest absolute Gasteiger partial charge is 0.343 e. The van der Waals surface area contributed by atoms with Gasteiger partial charge in [0.05, 0.1) is 16.7 Å². The summed E-state index contributed by atoms with van der Waals surface area (Å²) in [4.78, 5) is 37.8. The number of carbonyl (C=O) groups excluding carboxylic acids is 3. The van der Waals surface area contributed by atoms with E-state index in [-0.39, 0.29) is 22.4 Å². The molecule has 0 aliphatic heterocycles. The van der Waals surface area contributed by atoms with Crippen molar-refractivity contribution in [3.8, 4) is 51.7 Å². The molecule has 0 saturated heterocycles. The first-order valence-corrected chi connectivity index (χ1v) is 11.3. The first-order valence-electron chi connectivity index (χ1n) is 11.3. The Labute approximate surface area is 225 Å². The summed E-state index contributed by atoms with van der Waals surface area (Å²) in [5.74, 6) is -8.85. The van der Waals surface area contributed by atoms with Crippen LogP contribution in [-0.2, 0) is 0 Å². The Hall–Kier alpha value is -5.91. The maximum absolute atomic E-state index is 12.8. The van der Waals surface area contributed by atoms with E-state index >= 15 is 0 Å². The quantitative estimate of drug-likeness (QED) is 0.116. The molecule has 4 aromatic rings. The molecule has 4 rings (SSSR count). The van der Waals surface area contributed by atoms with E-state index in [2.05, 4.69) is 0 Å². The normalized spacial score (nSPS) is 10.5. The lowest BCUT2D eigenvalue weighted by molar-refractivity contribution is 0.0704. The van der Waals surface area contributed by atoms with Crippen molar-refractivity contribution in [1.82, 2.24) is 0 Å². The van der Waals surface area contributed by atoms with Gasteiger partial charge < -0.3 is 44.8 Å². The molecule has 0 radical (unpaired) electrons. The molecular formula is C28H20O12. The zero-order valence-electron chi connectivity index (χ0n) is 20.5. The Morgan fingerprint density at radius 2 is 0.900 bits per heavy atom. The zero-order valence-corrected chi connectivity index (χ0v) is 20.5. The predicted octanol–water partition coefficient (Wildman–Crippen LogP) is 3.89. The molecule has 0 atom stereocenters. The van der Waals surface area contributed by atoms with Crippen LogP contribution in [0.25, 0.3) is 0 Å². The van der Waals surface area contributed by atoms with E-state index in [1.165, 1.54) is 19.1 Å². The Kier molecular flexibility index (Phi) is 7.35. The molecule has 0 saturated carbocycles. The highest BCUT2D eigenvalue weighted by Crippen LogP contribution is 2.40. The molecule has 0 unspecified atom stereocenters. The van der Waals surface area contributed by atoms with Crippen molar-refractivity contribution in [2.75, 3.05) is 0 Å². The highest BCUT2D eigenvalue weighted by atomic mass is 16.6. The number of ether oxygens (including phenoxy) is 3. The molecule has 0 aromatic heterocycles. The fourth-order valence-corrected chi connectivity index (χ4v) is 3.35. The molecule has 0 heterocycles. The number of carbonyl (C=O) groups is 3. The van der Waals surface area contributed by atoms with Gasteiger partial charge in [0.2, 0.25) is 11.5 Å². The van der Waals surface area contributed by atoms with Crippen molar-refractivity contribution in [2.24, 2.45) is 0 Å². The van der Waals surface area contributed by atoms with Crippen molar-refractivity contribution < 1.29 is 59.2 Å². The number of hydrogen-bond acceptors (Lipinski definition) is 12. The van der Waals surface area contributed by atoms with Crippen LogP contribution in [-0.4, -0.2) is 48.5 Å². The molecule has 6 N–H and O–H groups in total. The van der Waals surface area contributed by atoms with Gasteiger partial charge in [0.1, 0.15) is 17.2 Å². The molecule has 0 amide bonds. The molecule has 4 aromatic carbocycles. The van der Waals surface area contributed by atoms with E-state index in [4.69, 9.17) is 14.2 Å². The summed E-state index contributed by atoms with van der Waals surface area (Å²) in [6.45, 7) is 1.40. The van der Waals surface area contributed by atoms with Gasteiger partial charge in [-0.25, -0.2) is 14.4 Å². The predicted molar refractivity (Wildman–Crippen MR) is 135 cm³/mol. The van der Waals surface area contributed by atoms with Gasteiger partial charge in [-0.15, -0.1) is 0 Å². The molecule has 12 heteroatoms. The summed E-state index contributed by atoms with van der Waals surface area (Å²) in [5, 5.41) is 60.1. The summed E-state index contributed by atoms with van der Waals surface area (Å²) in [6, 6.07) is 13.4. The van der Waals surface area contributed by atoms with Gasteiger partial charge in [0.15, 0.2) is 23.0 Å². The maximum Gasteiger partial charge on any atom is 0.343 e. The van der Waals surface area contributed by atoms with Crippen molar-refractivity contribution >= 4 is 17.9 Å². The molecule has 204 valence electrons. The van der Waals surface area contributed by atoms with Gasteiger partial charge in [-0.1, -0.05) is 18.2 Å². The Morgan fingerprint density at radius 1 is 0.525 bits per heavy atom. The number of aromatic hydroxyl groups is 6. The lowest BCUT2D eigenvalue weighted by Gasteiger charge is -2.12. The fraction of sp³-hybridized carbons (Fsp3) is 0.0357. The van der Waals surface area contributed by atoms with Gasteiger partial charge in [-0.2, -0.15) is 0 Å². The minimum atomic E-state index is -1.26. The minimum absolute atomic E-state index is 0.105. The second kappa shape index (κ2) is 10.8. The topological polar surface area (TPSA) is 200 Å². The molecule has 0 aliphatic rings. The van der Waals surface area contributed by atoms with E-state index in [0.29, 0.717) is 0 Å². The van der Waals surface area contributed by atoms with Crippen LogP contribution in [0.3, 0.4) is 0 Å². The summed E-state index contributed by atoms with van der Waals surface area (Å²) in [6.07, 6.45) is 0. The first-order chi connectivity index (χ1) is 18.9. The van der Waals surface area contributed by atoms with Crippen molar-refractivity contribution in [3.63, 3.8) is 0 Å². The van der Waals surface area contributed by atoms with E-state index in [9.17, 15) is 45.0 Å². The standard InChI is InChI=1S/C28H20O12/c1-13-18(29)7-14(8-19(13)30)27(36)39-23-12-16(10-21(32)25(23)34)28(37)40-22-11-15(9-20(31)24(22)33)26(35)38-17-5-3-2-4-6-17/h2-12,29-34H,1H3. The number of hydrogen-bond donors (Lipinski definition) is 6. The molecule has 0 aliphatic carbocycles. The van der Waals surface area contributed by atoms with Crippen molar-refractivity contribution in [3.05, 3.63) is 89.0 Å². The third kappa shape index (κ3) is 5.65. The lowest BCUT2D eigenvalue weighted by atomic mass is 10.1. The van der Waals surface area contributed by atoms with Crippen LogP contribution < -0.4 is 14.2 Å².